The number of hydrogen-bond acceptors (Lipinski definition) is 7. The molecule has 0 heterocycles. The molecule has 0 radical (unpaired) electrons. The molecule has 1 aliphatic rings. The van der Waals surface area contributed by atoms with Crippen molar-refractivity contribution in [2.24, 2.45) is 0 Å². The fourth-order valence-corrected chi connectivity index (χ4v) is 3.25. The minimum atomic E-state index is -0.808. The summed E-state index contributed by atoms with van der Waals surface area (Å²) in [6.45, 7) is 3.59. The Labute approximate surface area is 177 Å². The molecule has 1 aromatic rings. The first-order chi connectivity index (χ1) is 14.4. The first kappa shape index (κ1) is 23.5. The number of benzene rings is 1. The highest BCUT2D eigenvalue weighted by Crippen LogP contribution is 2.40. The van der Waals surface area contributed by atoms with Crippen molar-refractivity contribution < 1.29 is 33.2 Å². The molecule has 7 nitrogen and oxygen atoms in total. The minimum Gasteiger partial charge on any atom is -0.498 e. The second-order valence-corrected chi connectivity index (χ2v) is 6.61. The van der Waals surface area contributed by atoms with Crippen molar-refractivity contribution in [3.05, 3.63) is 47.3 Å². The van der Waals surface area contributed by atoms with Crippen molar-refractivity contribution >= 4 is 11.9 Å². The third-order valence-electron chi connectivity index (χ3n) is 4.77. The molecule has 0 fully saturated rings. The normalized spacial score (nSPS) is 19.7. The van der Waals surface area contributed by atoms with E-state index in [2.05, 4.69) is 0 Å². The van der Waals surface area contributed by atoms with Gasteiger partial charge < -0.3 is 28.4 Å². The lowest BCUT2D eigenvalue weighted by Crippen LogP contribution is -2.36. The maximum absolute atomic E-state index is 13.1. The van der Waals surface area contributed by atoms with E-state index in [-0.39, 0.29) is 5.78 Å². The number of carbonyl (C=O) groups excluding carboxylic acids is 1. The fraction of sp³-hybridized carbons (Fsp3) is 0.435. The van der Waals surface area contributed by atoms with Crippen molar-refractivity contribution in [1.29, 1.82) is 0 Å². The summed E-state index contributed by atoms with van der Waals surface area (Å²) in [5.74, 6) is 1.58. The molecule has 0 aromatic heterocycles. The van der Waals surface area contributed by atoms with Crippen LogP contribution in [0.25, 0.3) is 6.08 Å². The van der Waals surface area contributed by atoms with Crippen molar-refractivity contribution in [3.8, 4) is 17.2 Å². The molecule has 1 aliphatic carbocycles. The summed E-state index contributed by atoms with van der Waals surface area (Å²) in [6.07, 6.45) is 5.51. The van der Waals surface area contributed by atoms with Crippen LogP contribution in [0.3, 0.4) is 0 Å². The molecule has 7 heteroatoms. The summed E-state index contributed by atoms with van der Waals surface area (Å²) in [7, 11) is 7.72. The zero-order chi connectivity index (χ0) is 22.3. The van der Waals surface area contributed by atoms with E-state index in [0.29, 0.717) is 28.6 Å². The summed E-state index contributed by atoms with van der Waals surface area (Å²) < 4.78 is 33.2. The zero-order valence-electron chi connectivity index (χ0n) is 18.6. The van der Waals surface area contributed by atoms with Crippen LogP contribution >= 0.6 is 0 Å². The predicted molar refractivity (Wildman–Crippen MR) is 114 cm³/mol. The van der Waals surface area contributed by atoms with Gasteiger partial charge in [-0.2, -0.15) is 0 Å². The van der Waals surface area contributed by atoms with E-state index >= 15 is 0 Å². The Morgan fingerprint density at radius 3 is 2.10 bits per heavy atom. The molecule has 0 saturated heterocycles. The summed E-state index contributed by atoms with van der Waals surface area (Å²) in [4.78, 5) is 13.1. The lowest BCUT2D eigenvalue weighted by molar-refractivity contribution is -0.121. The number of allylic oxidation sites excluding steroid dienone is 2. The number of ketones is 1. The van der Waals surface area contributed by atoms with Gasteiger partial charge in [-0.1, -0.05) is 12.2 Å². The van der Waals surface area contributed by atoms with Crippen LogP contribution in [0.4, 0.5) is 0 Å². The van der Waals surface area contributed by atoms with Crippen LogP contribution in [0.5, 0.6) is 17.2 Å². The molecule has 0 bridgehead atoms. The second kappa shape index (κ2) is 10.8. The number of rotatable bonds is 10. The molecular weight excluding hydrogens is 388 g/mol. The van der Waals surface area contributed by atoms with E-state index in [1.807, 2.05) is 31.2 Å². The van der Waals surface area contributed by atoms with E-state index in [1.54, 1.807) is 47.5 Å². The van der Waals surface area contributed by atoms with Crippen LogP contribution in [0, 0.1) is 0 Å². The Kier molecular flexibility index (Phi) is 8.50. The van der Waals surface area contributed by atoms with Crippen molar-refractivity contribution in [2.75, 3.05) is 35.5 Å². The second-order valence-electron chi connectivity index (χ2n) is 6.61. The van der Waals surface area contributed by atoms with Crippen LogP contribution < -0.4 is 14.2 Å². The molecule has 164 valence electrons. The highest BCUT2D eigenvalue weighted by molar-refractivity contribution is 6.01. The fourth-order valence-electron chi connectivity index (χ4n) is 3.25. The molecule has 3 unspecified atom stereocenters. The number of Topliss-reactive ketones (excluding diaryl/α,β-unsaturated/α-hetero) is 1. The number of hydrogen-bond donors (Lipinski definition) is 0. The van der Waals surface area contributed by atoms with Gasteiger partial charge in [-0.05, 0) is 43.7 Å². The van der Waals surface area contributed by atoms with E-state index in [4.69, 9.17) is 28.4 Å². The molecule has 0 spiro atoms. The third-order valence-corrected chi connectivity index (χ3v) is 4.77. The van der Waals surface area contributed by atoms with Crippen molar-refractivity contribution in [1.82, 2.24) is 0 Å². The van der Waals surface area contributed by atoms with Gasteiger partial charge in [0, 0.05) is 19.8 Å². The van der Waals surface area contributed by atoms with E-state index in [0.717, 1.165) is 5.56 Å². The number of ether oxygens (including phenoxy) is 6. The van der Waals surface area contributed by atoms with Gasteiger partial charge in [-0.25, -0.2) is 0 Å². The van der Waals surface area contributed by atoms with Gasteiger partial charge >= 0.3 is 0 Å². The Balaban J connectivity index is 2.33. The Morgan fingerprint density at radius 1 is 1.00 bits per heavy atom. The molecule has 3 atom stereocenters. The van der Waals surface area contributed by atoms with Gasteiger partial charge in [0.1, 0.15) is 18.0 Å². The summed E-state index contributed by atoms with van der Waals surface area (Å²) in [6, 6.07) is 3.64. The lowest BCUT2D eigenvalue weighted by atomic mass is 9.95. The molecule has 0 N–H and O–H groups in total. The molecule has 0 aliphatic heterocycles. The van der Waals surface area contributed by atoms with Gasteiger partial charge in [0.15, 0.2) is 17.6 Å². The quantitative estimate of drug-likeness (QED) is 0.575. The SMILES string of the molecule is CC=Cc1cc(OC)c(OC(C)C(=O)C2=CC(OC)C(OC)C(OC)=C2)c(OC)c1. The van der Waals surface area contributed by atoms with Crippen LogP contribution in [0.1, 0.15) is 19.4 Å². The molecule has 30 heavy (non-hydrogen) atoms. The standard InChI is InChI=1S/C23H30O7/c1-8-9-15-10-17(25-3)23(18(11-15)26-4)30-14(2)21(24)16-12-19(27-5)22(29-7)20(13-16)28-6/h8-14,19,22H,1-7H3. The van der Waals surface area contributed by atoms with Crippen LogP contribution in [-0.4, -0.2) is 59.6 Å². The Hall–Kier alpha value is -2.77. The van der Waals surface area contributed by atoms with Gasteiger partial charge in [-0.15, -0.1) is 0 Å². The topological polar surface area (TPSA) is 72.5 Å². The van der Waals surface area contributed by atoms with Gasteiger partial charge in [-0.3, -0.25) is 4.79 Å². The van der Waals surface area contributed by atoms with Gasteiger partial charge in [0.25, 0.3) is 0 Å². The maximum Gasteiger partial charge on any atom is 0.204 e. The predicted octanol–water partition coefficient (Wildman–Crippen LogP) is 3.57. The minimum absolute atomic E-state index is 0.234. The molecule has 1 aromatic carbocycles. The van der Waals surface area contributed by atoms with Crippen LogP contribution in [-0.2, 0) is 19.0 Å². The summed E-state index contributed by atoms with van der Waals surface area (Å²) in [5, 5.41) is 0. The van der Waals surface area contributed by atoms with Gasteiger partial charge in [0.05, 0.1) is 21.3 Å². The van der Waals surface area contributed by atoms with Crippen LogP contribution in [0.15, 0.2) is 41.7 Å². The van der Waals surface area contributed by atoms with E-state index in [9.17, 15) is 4.79 Å². The average molecular weight is 418 g/mol. The molecule has 0 amide bonds. The zero-order valence-corrected chi connectivity index (χ0v) is 18.6. The average Bonchev–Trinajstić information content (AvgIpc) is 2.77. The Bertz CT molecular complexity index is 813. The van der Waals surface area contributed by atoms with Gasteiger partial charge in [0.2, 0.25) is 11.5 Å². The first-order valence-corrected chi connectivity index (χ1v) is 9.56. The molecular formula is C23H30O7. The smallest absolute Gasteiger partial charge is 0.204 e. The molecule has 0 saturated carbocycles. The Morgan fingerprint density at radius 2 is 1.63 bits per heavy atom. The third kappa shape index (κ3) is 5.04. The summed E-state index contributed by atoms with van der Waals surface area (Å²) >= 11 is 0. The van der Waals surface area contributed by atoms with Crippen molar-refractivity contribution in [3.63, 3.8) is 0 Å². The maximum atomic E-state index is 13.1. The largest absolute Gasteiger partial charge is 0.498 e. The number of methoxy groups -OCH3 is 5. The highest BCUT2D eigenvalue weighted by atomic mass is 16.6. The highest BCUT2D eigenvalue weighted by Gasteiger charge is 2.32. The first-order valence-electron chi connectivity index (χ1n) is 9.56. The monoisotopic (exact) mass is 418 g/mol. The van der Waals surface area contributed by atoms with Crippen molar-refractivity contribution in [2.45, 2.75) is 32.2 Å². The van der Waals surface area contributed by atoms with E-state index < -0.39 is 18.3 Å². The van der Waals surface area contributed by atoms with Crippen LogP contribution in [0.2, 0.25) is 0 Å². The molecule has 2 rings (SSSR count). The summed E-state index contributed by atoms with van der Waals surface area (Å²) in [5.41, 5.74) is 1.32. The number of carbonyl (C=O) groups is 1. The lowest BCUT2D eigenvalue weighted by Gasteiger charge is -2.28. The van der Waals surface area contributed by atoms with E-state index in [1.165, 1.54) is 7.11 Å².